The molecule has 1 aliphatic rings. The lowest BCUT2D eigenvalue weighted by Gasteiger charge is -2.34. The molecule has 9 heteroatoms. The van der Waals surface area contributed by atoms with E-state index in [2.05, 4.69) is 43.9 Å². The summed E-state index contributed by atoms with van der Waals surface area (Å²) >= 11 is 0. The van der Waals surface area contributed by atoms with E-state index in [9.17, 15) is 5.11 Å². The Kier molecular flexibility index (Phi) is 5.18. The smallest absolute Gasteiger partial charge is 0.226 e. The molecule has 0 saturated heterocycles. The molecule has 0 saturated carbocycles. The van der Waals surface area contributed by atoms with Gasteiger partial charge >= 0.3 is 0 Å². The predicted molar refractivity (Wildman–Crippen MR) is 130 cm³/mol. The molecule has 35 heavy (non-hydrogen) atoms. The highest BCUT2D eigenvalue weighted by Crippen LogP contribution is 2.36. The maximum absolute atomic E-state index is 10.8. The highest BCUT2D eigenvalue weighted by Gasteiger charge is 2.34. The number of aliphatic hydroxyl groups is 1. The van der Waals surface area contributed by atoms with E-state index < -0.39 is 6.10 Å². The molecule has 5 heterocycles. The highest BCUT2D eigenvalue weighted by molar-refractivity contribution is 5.57. The van der Waals surface area contributed by atoms with Gasteiger partial charge in [-0.05, 0) is 42.3 Å². The Bertz CT molecular complexity index is 1470. The highest BCUT2D eigenvalue weighted by atomic mass is 16.5. The van der Waals surface area contributed by atoms with Crippen molar-refractivity contribution in [3.8, 4) is 5.75 Å². The fourth-order valence-corrected chi connectivity index (χ4v) is 4.70. The standard InChI is InChI=1S/C26H25N7O2/c1-16-4-3-10-33-22(16)12-21(31-33)24-23-20(29-15-30-23)9-11-32(24)26-27-13-18(14-28-26)25(34)17-5-7-19(35-2)8-6-17/h3-8,10,12-15,24-25,34H,9,11H2,1-2H3,(H,29,30)/t24-,25?/m0/s1. The normalized spacial score (nSPS) is 16.3. The number of fused-ring (bicyclic) bond motifs is 2. The van der Waals surface area contributed by atoms with Crippen LogP contribution in [0.3, 0.4) is 0 Å². The van der Waals surface area contributed by atoms with Crippen molar-refractivity contribution in [3.63, 3.8) is 0 Å². The zero-order valence-electron chi connectivity index (χ0n) is 19.5. The number of aromatic nitrogens is 6. The molecular formula is C26H25N7O2. The molecular weight excluding hydrogens is 442 g/mol. The summed E-state index contributed by atoms with van der Waals surface area (Å²) in [5, 5.41) is 15.7. The first-order chi connectivity index (χ1) is 17.1. The fraction of sp³-hybridized carbons (Fsp3) is 0.231. The number of rotatable bonds is 5. The molecule has 0 amide bonds. The number of imidazole rings is 1. The van der Waals surface area contributed by atoms with E-state index in [1.165, 1.54) is 0 Å². The predicted octanol–water partition coefficient (Wildman–Crippen LogP) is 3.40. The first-order valence-electron chi connectivity index (χ1n) is 11.5. The van der Waals surface area contributed by atoms with Gasteiger partial charge in [0, 0.05) is 42.8 Å². The van der Waals surface area contributed by atoms with Crippen molar-refractivity contribution in [1.82, 2.24) is 29.5 Å². The summed E-state index contributed by atoms with van der Waals surface area (Å²) in [7, 11) is 1.62. The van der Waals surface area contributed by atoms with Crippen molar-refractivity contribution in [2.24, 2.45) is 0 Å². The van der Waals surface area contributed by atoms with Crippen LogP contribution in [-0.2, 0) is 6.42 Å². The van der Waals surface area contributed by atoms with Gasteiger partial charge in [0.05, 0.1) is 30.3 Å². The molecule has 6 rings (SSSR count). The Labute approximate surface area is 202 Å². The summed E-state index contributed by atoms with van der Waals surface area (Å²) in [5.41, 5.74) is 6.51. The summed E-state index contributed by atoms with van der Waals surface area (Å²) in [4.78, 5) is 19.3. The minimum absolute atomic E-state index is 0.221. The lowest BCUT2D eigenvalue weighted by molar-refractivity contribution is 0.219. The molecule has 2 atom stereocenters. The maximum Gasteiger partial charge on any atom is 0.226 e. The van der Waals surface area contributed by atoms with Crippen molar-refractivity contribution in [2.75, 3.05) is 18.6 Å². The van der Waals surface area contributed by atoms with Gasteiger partial charge in [-0.25, -0.2) is 19.5 Å². The molecule has 0 radical (unpaired) electrons. The number of nitrogens with zero attached hydrogens (tertiary/aromatic N) is 6. The monoisotopic (exact) mass is 467 g/mol. The molecule has 1 unspecified atom stereocenters. The Balaban J connectivity index is 1.34. The Morgan fingerprint density at radius 3 is 2.63 bits per heavy atom. The van der Waals surface area contributed by atoms with Crippen LogP contribution in [0.15, 0.2) is 67.4 Å². The minimum Gasteiger partial charge on any atom is -0.497 e. The van der Waals surface area contributed by atoms with E-state index in [-0.39, 0.29) is 6.04 Å². The van der Waals surface area contributed by atoms with Crippen LogP contribution in [0.25, 0.3) is 5.52 Å². The first kappa shape index (κ1) is 21.3. The van der Waals surface area contributed by atoms with Crippen molar-refractivity contribution in [1.29, 1.82) is 0 Å². The van der Waals surface area contributed by atoms with Crippen molar-refractivity contribution >= 4 is 11.5 Å². The zero-order valence-corrected chi connectivity index (χ0v) is 19.5. The van der Waals surface area contributed by atoms with Crippen LogP contribution < -0.4 is 9.64 Å². The summed E-state index contributed by atoms with van der Waals surface area (Å²) in [6, 6.07) is 13.3. The molecule has 1 aromatic carbocycles. The molecule has 4 aromatic heterocycles. The third-order valence-electron chi connectivity index (χ3n) is 6.60. The summed E-state index contributed by atoms with van der Waals surface area (Å²) in [6.07, 6.45) is 7.03. The van der Waals surface area contributed by atoms with Crippen molar-refractivity contribution in [2.45, 2.75) is 25.5 Å². The van der Waals surface area contributed by atoms with E-state index in [0.717, 1.165) is 45.9 Å². The average Bonchev–Trinajstić information content (AvgIpc) is 3.56. The number of anilines is 1. The molecule has 0 fully saturated rings. The molecule has 0 aliphatic carbocycles. The van der Waals surface area contributed by atoms with E-state index in [1.54, 1.807) is 25.8 Å². The van der Waals surface area contributed by atoms with Crippen LogP contribution in [0.1, 0.15) is 45.9 Å². The molecule has 5 aromatic rings. The van der Waals surface area contributed by atoms with Crippen molar-refractivity contribution < 1.29 is 9.84 Å². The van der Waals surface area contributed by atoms with Crippen molar-refractivity contribution in [3.05, 3.63) is 101 Å². The Hall–Kier alpha value is -4.24. The second-order valence-corrected chi connectivity index (χ2v) is 8.69. The Morgan fingerprint density at radius 2 is 1.89 bits per heavy atom. The molecule has 0 spiro atoms. The van der Waals surface area contributed by atoms with Gasteiger partial charge in [0.25, 0.3) is 0 Å². The lowest BCUT2D eigenvalue weighted by Crippen LogP contribution is -2.37. The topological polar surface area (TPSA) is 104 Å². The van der Waals surface area contributed by atoms with Crippen LogP contribution in [0.2, 0.25) is 0 Å². The number of methoxy groups -OCH3 is 1. The van der Waals surface area contributed by atoms with Gasteiger partial charge in [0.2, 0.25) is 5.95 Å². The van der Waals surface area contributed by atoms with Gasteiger partial charge in [-0.3, -0.25) is 0 Å². The third kappa shape index (κ3) is 3.70. The summed E-state index contributed by atoms with van der Waals surface area (Å²) < 4.78 is 7.10. The maximum atomic E-state index is 10.8. The second kappa shape index (κ2) is 8.52. The van der Waals surface area contributed by atoms with Gasteiger partial charge in [-0.2, -0.15) is 5.10 Å². The number of hydrogen-bond acceptors (Lipinski definition) is 7. The van der Waals surface area contributed by atoms with Crippen LogP contribution in [0.4, 0.5) is 5.95 Å². The number of nitrogens with one attached hydrogen (secondary N) is 1. The van der Waals surface area contributed by atoms with Gasteiger partial charge < -0.3 is 19.7 Å². The minimum atomic E-state index is -0.827. The second-order valence-electron chi connectivity index (χ2n) is 8.69. The quantitative estimate of drug-likeness (QED) is 0.408. The van der Waals surface area contributed by atoms with Crippen LogP contribution >= 0.6 is 0 Å². The fourth-order valence-electron chi connectivity index (χ4n) is 4.70. The van der Waals surface area contributed by atoms with E-state index in [1.807, 2.05) is 41.0 Å². The Morgan fingerprint density at radius 1 is 1.09 bits per heavy atom. The number of H-pyrrole nitrogens is 1. The van der Waals surface area contributed by atoms with Crippen LogP contribution in [0, 0.1) is 6.92 Å². The zero-order chi connectivity index (χ0) is 23.9. The third-order valence-corrected chi connectivity index (χ3v) is 6.60. The number of ether oxygens (including phenoxy) is 1. The number of aliphatic hydroxyl groups excluding tert-OH is 1. The molecule has 0 bridgehead atoms. The van der Waals surface area contributed by atoms with Gasteiger partial charge in [0.1, 0.15) is 17.9 Å². The SMILES string of the molecule is COc1ccc(C(O)c2cnc(N3CCc4[nH]cnc4[C@@H]3c3cc4c(C)cccn4n3)nc2)cc1. The number of aromatic amines is 1. The number of aryl methyl sites for hydroxylation is 1. The molecule has 2 N–H and O–H groups in total. The van der Waals surface area contributed by atoms with E-state index in [0.29, 0.717) is 18.1 Å². The average molecular weight is 468 g/mol. The van der Waals surface area contributed by atoms with Gasteiger partial charge in [-0.1, -0.05) is 18.2 Å². The summed E-state index contributed by atoms with van der Waals surface area (Å²) in [5.74, 6) is 1.31. The van der Waals surface area contributed by atoms with Crippen LogP contribution in [-0.4, -0.2) is 48.3 Å². The molecule has 9 nitrogen and oxygen atoms in total. The number of pyridine rings is 1. The summed E-state index contributed by atoms with van der Waals surface area (Å²) in [6.45, 7) is 2.79. The first-order valence-corrected chi connectivity index (χ1v) is 11.5. The molecule has 176 valence electrons. The number of hydrogen-bond donors (Lipinski definition) is 2. The van der Waals surface area contributed by atoms with E-state index in [4.69, 9.17) is 9.84 Å². The number of benzene rings is 1. The van der Waals surface area contributed by atoms with E-state index >= 15 is 0 Å². The van der Waals surface area contributed by atoms with Crippen LogP contribution in [0.5, 0.6) is 5.75 Å². The largest absolute Gasteiger partial charge is 0.497 e. The lowest BCUT2D eigenvalue weighted by atomic mass is 10.00. The van der Waals surface area contributed by atoms with Gasteiger partial charge in [0.15, 0.2) is 0 Å². The molecule has 1 aliphatic heterocycles. The van der Waals surface area contributed by atoms with Gasteiger partial charge in [-0.15, -0.1) is 0 Å².